The molecule has 1 aromatic carbocycles. The minimum Gasteiger partial charge on any atom is -0.411 e. The lowest BCUT2D eigenvalue weighted by Crippen LogP contribution is -2.36. The number of rotatable bonds is 3. The van der Waals surface area contributed by atoms with Gasteiger partial charge in [-0.15, -0.1) is 11.6 Å². The topological polar surface area (TPSA) is 35.8 Å². The van der Waals surface area contributed by atoms with Crippen molar-refractivity contribution in [3.63, 3.8) is 0 Å². The van der Waals surface area contributed by atoms with Gasteiger partial charge in [0.2, 0.25) is 0 Å². The van der Waals surface area contributed by atoms with E-state index in [0.717, 1.165) is 30.8 Å². The van der Waals surface area contributed by atoms with Gasteiger partial charge in [0.05, 0.1) is 0 Å². The van der Waals surface area contributed by atoms with E-state index in [1.54, 1.807) is 0 Å². The number of hydrogen-bond donors (Lipinski definition) is 1. The zero-order chi connectivity index (χ0) is 11.4. The van der Waals surface area contributed by atoms with Crippen LogP contribution in [0.25, 0.3) is 0 Å². The van der Waals surface area contributed by atoms with Crippen molar-refractivity contribution in [2.75, 3.05) is 19.0 Å². The summed E-state index contributed by atoms with van der Waals surface area (Å²) in [5.41, 5.74) is 3.03. The van der Waals surface area contributed by atoms with Crippen LogP contribution in [0, 0.1) is 0 Å². The molecule has 0 fully saturated rings. The number of benzene rings is 1. The molecule has 1 aliphatic heterocycles. The fraction of sp³-hybridized carbons (Fsp3) is 0.417. The Kier molecular flexibility index (Phi) is 3.80. The van der Waals surface area contributed by atoms with E-state index in [4.69, 9.17) is 16.8 Å². The molecular formula is C12H15ClN2O. The van der Waals surface area contributed by atoms with Crippen molar-refractivity contribution < 1.29 is 5.21 Å². The van der Waals surface area contributed by atoms with Gasteiger partial charge in [0.1, 0.15) is 5.71 Å². The standard InChI is InChI=1S/C12H15ClN2O/c13-6-3-7-15-8-10-4-1-2-5-11(10)12(9-15)14-16/h1-2,4-5,16H,3,6-9H2/b14-12+. The molecule has 1 heterocycles. The third-order valence-corrected chi connectivity index (χ3v) is 3.09. The third kappa shape index (κ3) is 2.36. The van der Waals surface area contributed by atoms with Crippen LogP contribution < -0.4 is 0 Å². The average molecular weight is 239 g/mol. The summed E-state index contributed by atoms with van der Waals surface area (Å²) in [7, 11) is 0. The van der Waals surface area contributed by atoms with Crippen LogP contribution in [0.3, 0.4) is 0 Å². The van der Waals surface area contributed by atoms with Gasteiger partial charge < -0.3 is 5.21 Å². The highest BCUT2D eigenvalue weighted by atomic mass is 35.5. The van der Waals surface area contributed by atoms with Crippen LogP contribution >= 0.6 is 11.6 Å². The number of hydrogen-bond acceptors (Lipinski definition) is 3. The Morgan fingerprint density at radius 3 is 2.88 bits per heavy atom. The Morgan fingerprint density at radius 2 is 2.12 bits per heavy atom. The van der Waals surface area contributed by atoms with Crippen LogP contribution in [0.2, 0.25) is 0 Å². The Balaban J connectivity index is 2.19. The van der Waals surface area contributed by atoms with Crippen LogP contribution in [-0.4, -0.2) is 34.8 Å². The summed E-state index contributed by atoms with van der Waals surface area (Å²) < 4.78 is 0. The quantitative estimate of drug-likeness (QED) is 0.498. The van der Waals surface area contributed by atoms with E-state index >= 15 is 0 Å². The smallest absolute Gasteiger partial charge is 0.101 e. The molecule has 3 nitrogen and oxygen atoms in total. The monoisotopic (exact) mass is 238 g/mol. The average Bonchev–Trinajstić information content (AvgIpc) is 2.35. The molecule has 2 rings (SSSR count). The zero-order valence-electron chi connectivity index (χ0n) is 9.06. The minimum atomic E-state index is 0.670. The van der Waals surface area contributed by atoms with Crippen LogP contribution in [0.15, 0.2) is 29.4 Å². The molecule has 1 N–H and O–H groups in total. The Morgan fingerprint density at radius 1 is 1.31 bits per heavy atom. The van der Waals surface area contributed by atoms with Gasteiger partial charge in [0, 0.05) is 31.1 Å². The molecule has 86 valence electrons. The van der Waals surface area contributed by atoms with E-state index in [9.17, 15) is 0 Å². The van der Waals surface area contributed by atoms with E-state index in [-0.39, 0.29) is 0 Å². The number of oxime groups is 1. The summed E-state index contributed by atoms with van der Waals surface area (Å²) >= 11 is 5.68. The predicted octanol–water partition coefficient (Wildman–Crippen LogP) is 2.31. The number of nitrogens with zero attached hydrogens (tertiary/aromatic N) is 2. The highest BCUT2D eigenvalue weighted by Gasteiger charge is 2.20. The van der Waals surface area contributed by atoms with E-state index in [1.807, 2.05) is 18.2 Å². The molecule has 1 aromatic rings. The zero-order valence-corrected chi connectivity index (χ0v) is 9.82. The fourth-order valence-electron chi connectivity index (χ4n) is 2.06. The highest BCUT2D eigenvalue weighted by molar-refractivity contribution is 6.17. The molecule has 4 heteroatoms. The van der Waals surface area contributed by atoms with E-state index in [2.05, 4.69) is 16.1 Å². The fourth-order valence-corrected chi connectivity index (χ4v) is 2.18. The van der Waals surface area contributed by atoms with Crippen molar-refractivity contribution in [2.45, 2.75) is 13.0 Å². The summed E-state index contributed by atoms with van der Waals surface area (Å²) in [6.45, 7) is 2.55. The summed E-state index contributed by atoms with van der Waals surface area (Å²) in [5.74, 6) is 0.670. The molecule has 0 unspecified atom stereocenters. The van der Waals surface area contributed by atoms with E-state index in [1.165, 1.54) is 5.56 Å². The van der Waals surface area contributed by atoms with Gasteiger partial charge in [0.15, 0.2) is 0 Å². The Hall–Kier alpha value is -1.06. The summed E-state index contributed by atoms with van der Waals surface area (Å²) in [4.78, 5) is 2.25. The molecule has 0 radical (unpaired) electrons. The molecule has 0 amide bonds. The van der Waals surface area contributed by atoms with Crippen molar-refractivity contribution in [1.82, 2.24) is 4.90 Å². The maximum absolute atomic E-state index is 9.02. The first-order valence-corrected chi connectivity index (χ1v) is 5.96. The van der Waals surface area contributed by atoms with Gasteiger partial charge in [-0.3, -0.25) is 4.90 Å². The van der Waals surface area contributed by atoms with Gasteiger partial charge in [-0.05, 0) is 12.0 Å². The second-order valence-electron chi connectivity index (χ2n) is 3.96. The van der Waals surface area contributed by atoms with Crippen molar-refractivity contribution in [1.29, 1.82) is 0 Å². The number of alkyl halides is 1. The molecule has 1 aliphatic rings. The van der Waals surface area contributed by atoms with Crippen LogP contribution in [0.4, 0.5) is 0 Å². The van der Waals surface area contributed by atoms with Crippen molar-refractivity contribution in [3.05, 3.63) is 35.4 Å². The summed E-state index contributed by atoms with van der Waals surface area (Å²) in [6, 6.07) is 8.06. The van der Waals surface area contributed by atoms with Gasteiger partial charge >= 0.3 is 0 Å². The molecule has 0 spiro atoms. The summed E-state index contributed by atoms with van der Waals surface area (Å²) in [5, 5.41) is 12.4. The third-order valence-electron chi connectivity index (χ3n) is 2.82. The largest absolute Gasteiger partial charge is 0.411 e. The lowest BCUT2D eigenvalue weighted by Gasteiger charge is -2.28. The van der Waals surface area contributed by atoms with Crippen molar-refractivity contribution in [3.8, 4) is 0 Å². The molecule has 0 aromatic heterocycles. The van der Waals surface area contributed by atoms with Gasteiger partial charge in [-0.1, -0.05) is 29.4 Å². The highest BCUT2D eigenvalue weighted by Crippen LogP contribution is 2.19. The van der Waals surface area contributed by atoms with Crippen LogP contribution in [0.5, 0.6) is 0 Å². The van der Waals surface area contributed by atoms with E-state index in [0.29, 0.717) is 12.4 Å². The normalized spacial score (nSPS) is 18.7. The minimum absolute atomic E-state index is 0.670. The summed E-state index contributed by atoms with van der Waals surface area (Å²) in [6.07, 6.45) is 0.961. The molecule has 16 heavy (non-hydrogen) atoms. The number of halogens is 1. The van der Waals surface area contributed by atoms with E-state index < -0.39 is 0 Å². The van der Waals surface area contributed by atoms with Gasteiger partial charge in [0.25, 0.3) is 0 Å². The lowest BCUT2D eigenvalue weighted by molar-refractivity contribution is 0.281. The molecule has 0 aliphatic carbocycles. The predicted molar refractivity (Wildman–Crippen MR) is 65.4 cm³/mol. The SMILES string of the molecule is O/N=C1\CN(CCCCl)Cc2ccccc21. The first kappa shape index (κ1) is 11.4. The van der Waals surface area contributed by atoms with Crippen molar-refractivity contribution in [2.24, 2.45) is 5.16 Å². The first-order chi connectivity index (χ1) is 7.85. The van der Waals surface area contributed by atoms with Crippen LogP contribution in [-0.2, 0) is 6.54 Å². The molecule has 0 atom stereocenters. The molecule has 0 bridgehead atoms. The first-order valence-electron chi connectivity index (χ1n) is 5.42. The molecular weight excluding hydrogens is 224 g/mol. The van der Waals surface area contributed by atoms with Crippen molar-refractivity contribution >= 4 is 17.3 Å². The molecule has 0 saturated heterocycles. The maximum atomic E-state index is 9.02. The Bertz CT molecular complexity index is 392. The van der Waals surface area contributed by atoms with Gasteiger partial charge in [-0.2, -0.15) is 0 Å². The maximum Gasteiger partial charge on any atom is 0.101 e. The second kappa shape index (κ2) is 5.32. The van der Waals surface area contributed by atoms with Gasteiger partial charge in [-0.25, -0.2) is 0 Å². The number of fused-ring (bicyclic) bond motifs is 1. The molecule has 0 saturated carbocycles. The lowest BCUT2D eigenvalue weighted by atomic mass is 9.98. The Labute approximate surface area is 100 Å². The second-order valence-corrected chi connectivity index (χ2v) is 4.33. The van der Waals surface area contributed by atoms with Crippen LogP contribution in [0.1, 0.15) is 17.5 Å².